The Labute approximate surface area is 103 Å². The molecule has 1 fully saturated rings. The highest BCUT2D eigenvalue weighted by Crippen LogP contribution is 2.16. The topological polar surface area (TPSA) is 61.8 Å². The minimum absolute atomic E-state index is 0.0374. The number of aliphatic hydroxyl groups is 1. The van der Waals surface area contributed by atoms with E-state index in [4.69, 9.17) is 9.84 Å². The molecule has 1 aliphatic rings. The van der Waals surface area contributed by atoms with Gasteiger partial charge in [0.05, 0.1) is 6.61 Å². The van der Waals surface area contributed by atoms with E-state index < -0.39 is 5.60 Å². The predicted molar refractivity (Wildman–Crippen MR) is 65.9 cm³/mol. The fraction of sp³-hybridized carbons (Fsp3) is 0.917. The van der Waals surface area contributed by atoms with Crippen LogP contribution in [-0.4, -0.2) is 53.5 Å². The largest absolute Gasteiger partial charge is 0.444 e. The van der Waals surface area contributed by atoms with Crippen molar-refractivity contribution in [3.8, 4) is 0 Å². The highest BCUT2D eigenvalue weighted by molar-refractivity contribution is 5.68. The highest BCUT2D eigenvalue weighted by atomic mass is 16.6. The van der Waals surface area contributed by atoms with Crippen molar-refractivity contribution in [1.29, 1.82) is 0 Å². The standard InChI is InChI=1S/C12H24N2O3/c1-5-10-6-13-9(8-15)7-14(10)11(16)17-12(2,3)4/h9-10,13,15H,5-8H2,1-4H3/t9-,10+/m1/s1. The number of piperazine rings is 1. The summed E-state index contributed by atoms with van der Waals surface area (Å²) in [6.45, 7) is 8.87. The number of hydrogen-bond donors (Lipinski definition) is 2. The molecule has 0 aromatic rings. The summed E-state index contributed by atoms with van der Waals surface area (Å²) in [5, 5.41) is 12.4. The molecule has 0 bridgehead atoms. The Hall–Kier alpha value is -0.810. The number of nitrogens with one attached hydrogen (secondary N) is 1. The average Bonchev–Trinajstić information content (AvgIpc) is 2.25. The first-order valence-electron chi connectivity index (χ1n) is 6.21. The minimum atomic E-state index is -0.477. The summed E-state index contributed by atoms with van der Waals surface area (Å²) in [6.07, 6.45) is 0.592. The van der Waals surface area contributed by atoms with E-state index in [0.717, 1.165) is 6.42 Å². The molecule has 0 saturated carbocycles. The molecule has 0 aromatic heterocycles. The van der Waals surface area contributed by atoms with Gasteiger partial charge >= 0.3 is 6.09 Å². The van der Waals surface area contributed by atoms with Crippen molar-refractivity contribution in [2.75, 3.05) is 19.7 Å². The second kappa shape index (κ2) is 5.69. The molecule has 2 N–H and O–H groups in total. The molecule has 2 atom stereocenters. The van der Waals surface area contributed by atoms with Gasteiger partial charge in [0.1, 0.15) is 5.60 Å². The molecule has 0 unspecified atom stereocenters. The lowest BCUT2D eigenvalue weighted by Crippen LogP contribution is -2.59. The normalized spacial score (nSPS) is 25.8. The van der Waals surface area contributed by atoms with Crippen molar-refractivity contribution >= 4 is 6.09 Å². The number of hydrogen-bond acceptors (Lipinski definition) is 4. The van der Waals surface area contributed by atoms with Crippen LogP contribution in [-0.2, 0) is 4.74 Å². The zero-order chi connectivity index (χ0) is 13.1. The van der Waals surface area contributed by atoms with E-state index >= 15 is 0 Å². The summed E-state index contributed by atoms with van der Waals surface area (Å²) in [5.74, 6) is 0. The molecule has 0 aliphatic carbocycles. The van der Waals surface area contributed by atoms with E-state index in [2.05, 4.69) is 5.32 Å². The van der Waals surface area contributed by atoms with Gasteiger partial charge < -0.3 is 20.1 Å². The Balaban J connectivity index is 2.66. The third kappa shape index (κ3) is 4.16. The van der Waals surface area contributed by atoms with Gasteiger partial charge in [-0.2, -0.15) is 0 Å². The fourth-order valence-corrected chi connectivity index (χ4v) is 1.90. The van der Waals surface area contributed by atoms with E-state index in [1.165, 1.54) is 0 Å². The lowest BCUT2D eigenvalue weighted by Gasteiger charge is -2.40. The van der Waals surface area contributed by atoms with Gasteiger partial charge in [0.25, 0.3) is 0 Å². The molecule has 0 spiro atoms. The Morgan fingerprint density at radius 2 is 2.18 bits per heavy atom. The monoisotopic (exact) mass is 244 g/mol. The molecule has 1 saturated heterocycles. The third-order valence-corrected chi connectivity index (χ3v) is 2.82. The number of carbonyl (C=O) groups is 1. The summed E-state index contributed by atoms with van der Waals surface area (Å²) < 4.78 is 5.38. The van der Waals surface area contributed by atoms with Crippen LogP contribution >= 0.6 is 0 Å². The molecule has 1 amide bonds. The lowest BCUT2D eigenvalue weighted by molar-refractivity contribution is 0.00407. The maximum Gasteiger partial charge on any atom is 0.410 e. The smallest absolute Gasteiger partial charge is 0.410 e. The zero-order valence-electron chi connectivity index (χ0n) is 11.2. The van der Waals surface area contributed by atoms with E-state index in [-0.39, 0.29) is 24.8 Å². The average molecular weight is 244 g/mol. The number of nitrogens with zero attached hydrogens (tertiary/aromatic N) is 1. The molecule has 0 aromatic carbocycles. The van der Waals surface area contributed by atoms with Crippen LogP contribution in [0, 0.1) is 0 Å². The van der Waals surface area contributed by atoms with Crippen molar-refractivity contribution in [2.45, 2.75) is 51.8 Å². The molecule has 1 rings (SSSR count). The maximum atomic E-state index is 12.0. The second-order valence-corrected chi connectivity index (χ2v) is 5.48. The van der Waals surface area contributed by atoms with E-state index in [1.54, 1.807) is 4.90 Å². The summed E-state index contributed by atoms with van der Waals surface area (Å²) >= 11 is 0. The van der Waals surface area contributed by atoms with Crippen molar-refractivity contribution in [3.05, 3.63) is 0 Å². The second-order valence-electron chi connectivity index (χ2n) is 5.48. The Morgan fingerprint density at radius 1 is 1.53 bits per heavy atom. The van der Waals surface area contributed by atoms with Crippen LogP contribution in [0.15, 0.2) is 0 Å². The van der Waals surface area contributed by atoms with Crippen LogP contribution in [0.1, 0.15) is 34.1 Å². The fourth-order valence-electron chi connectivity index (χ4n) is 1.90. The Morgan fingerprint density at radius 3 is 2.65 bits per heavy atom. The molecule has 5 nitrogen and oxygen atoms in total. The van der Waals surface area contributed by atoms with Gasteiger partial charge in [-0.05, 0) is 27.2 Å². The lowest BCUT2D eigenvalue weighted by atomic mass is 10.1. The number of rotatable bonds is 2. The quantitative estimate of drug-likeness (QED) is 0.759. The molecule has 17 heavy (non-hydrogen) atoms. The van der Waals surface area contributed by atoms with Crippen molar-refractivity contribution in [1.82, 2.24) is 10.2 Å². The molecular weight excluding hydrogens is 220 g/mol. The maximum absolute atomic E-state index is 12.0. The summed E-state index contributed by atoms with van der Waals surface area (Å²) in [5.41, 5.74) is -0.477. The summed E-state index contributed by atoms with van der Waals surface area (Å²) in [6, 6.07) is 0.0953. The predicted octanol–water partition coefficient (Wildman–Crippen LogP) is 0.966. The van der Waals surface area contributed by atoms with Crippen LogP contribution in [0.25, 0.3) is 0 Å². The van der Waals surface area contributed by atoms with Gasteiger partial charge in [0.2, 0.25) is 0 Å². The molecule has 1 aliphatic heterocycles. The third-order valence-electron chi connectivity index (χ3n) is 2.82. The van der Waals surface area contributed by atoms with Crippen LogP contribution in [0.4, 0.5) is 4.79 Å². The van der Waals surface area contributed by atoms with Crippen LogP contribution < -0.4 is 5.32 Å². The van der Waals surface area contributed by atoms with E-state index in [1.807, 2.05) is 27.7 Å². The van der Waals surface area contributed by atoms with E-state index in [9.17, 15) is 4.79 Å². The number of amides is 1. The Bertz CT molecular complexity index is 263. The van der Waals surface area contributed by atoms with Crippen molar-refractivity contribution in [3.63, 3.8) is 0 Å². The zero-order valence-corrected chi connectivity index (χ0v) is 11.2. The first-order chi connectivity index (χ1) is 7.87. The van der Waals surface area contributed by atoms with Gasteiger partial charge in [-0.25, -0.2) is 4.79 Å². The SMILES string of the molecule is CC[C@H]1CN[C@@H](CO)CN1C(=O)OC(C)(C)C. The van der Waals surface area contributed by atoms with Gasteiger partial charge in [-0.15, -0.1) is 0 Å². The Kier molecular flexibility index (Phi) is 4.77. The van der Waals surface area contributed by atoms with Crippen LogP contribution in [0.2, 0.25) is 0 Å². The molecular formula is C12H24N2O3. The number of aliphatic hydroxyl groups excluding tert-OH is 1. The summed E-state index contributed by atoms with van der Waals surface area (Å²) in [7, 11) is 0. The first-order valence-corrected chi connectivity index (χ1v) is 6.21. The van der Waals surface area contributed by atoms with Crippen molar-refractivity contribution < 1.29 is 14.6 Å². The number of carbonyl (C=O) groups excluding carboxylic acids is 1. The first kappa shape index (κ1) is 14.3. The summed E-state index contributed by atoms with van der Waals surface area (Å²) in [4.78, 5) is 13.8. The van der Waals surface area contributed by atoms with Crippen LogP contribution in [0.5, 0.6) is 0 Å². The molecule has 0 radical (unpaired) electrons. The van der Waals surface area contributed by atoms with Gasteiger partial charge in [0, 0.05) is 25.2 Å². The molecule has 5 heteroatoms. The van der Waals surface area contributed by atoms with Gasteiger partial charge in [0.15, 0.2) is 0 Å². The minimum Gasteiger partial charge on any atom is -0.444 e. The van der Waals surface area contributed by atoms with Crippen LogP contribution in [0.3, 0.4) is 0 Å². The molecule has 100 valence electrons. The number of ether oxygens (including phenoxy) is 1. The van der Waals surface area contributed by atoms with E-state index in [0.29, 0.717) is 13.1 Å². The molecule has 1 heterocycles. The van der Waals surface area contributed by atoms with Gasteiger partial charge in [-0.3, -0.25) is 0 Å². The van der Waals surface area contributed by atoms with Crippen molar-refractivity contribution in [2.24, 2.45) is 0 Å². The van der Waals surface area contributed by atoms with Gasteiger partial charge in [-0.1, -0.05) is 6.92 Å². The highest BCUT2D eigenvalue weighted by Gasteiger charge is 2.32.